The Morgan fingerprint density at radius 3 is 2.62 bits per heavy atom. The van der Waals surface area contributed by atoms with E-state index in [-0.39, 0.29) is 12.5 Å². The summed E-state index contributed by atoms with van der Waals surface area (Å²) in [5.41, 5.74) is 0. The molecule has 0 spiro atoms. The first kappa shape index (κ1) is 12.4. The van der Waals surface area contributed by atoms with Crippen molar-refractivity contribution in [3.05, 3.63) is 0 Å². The van der Waals surface area contributed by atoms with Gasteiger partial charge in [-0.05, 0) is 25.7 Å². The van der Waals surface area contributed by atoms with Gasteiger partial charge < -0.3 is 10.4 Å². The molecule has 0 aliphatic heterocycles. The van der Waals surface area contributed by atoms with Gasteiger partial charge >= 0.3 is 0 Å². The molecule has 0 rings (SSSR count). The highest BCUT2D eigenvalue weighted by Gasteiger charge is 1.97. The van der Waals surface area contributed by atoms with Crippen molar-refractivity contribution < 1.29 is 9.90 Å². The Morgan fingerprint density at radius 1 is 1.23 bits per heavy atom. The van der Waals surface area contributed by atoms with E-state index in [0.29, 0.717) is 6.42 Å². The fourth-order valence-corrected chi connectivity index (χ4v) is 1.07. The van der Waals surface area contributed by atoms with Crippen molar-refractivity contribution in [1.82, 2.24) is 5.32 Å². The SMILES string of the molecule is CCCCC(=O)NCCCCCO. The van der Waals surface area contributed by atoms with E-state index in [1.165, 1.54) is 0 Å². The number of amides is 1. The van der Waals surface area contributed by atoms with E-state index in [2.05, 4.69) is 12.2 Å². The molecule has 13 heavy (non-hydrogen) atoms. The van der Waals surface area contributed by atoms with Crippen molar-refractivity contribution in [3.8, 4) is 0 Å². The molecule has 1 amide bonds. The minimum atomic E-state index is 0.158. The van der Waals surface area contributed by atoms with Crippen LogP contribution in [-0.2, 0) is 4.79 Å². The third-order valence-electron chi connectivity index (χ3n) is 1.91. The Kier molecular flexibility index (Phi) is 9.10. The van der Waals surface area contributed by atoms with Crippen molar-refractivity contribution in [2.45, 2.75) is 45.4 Å². The Bertz CT molecular complexity index is 126. The zero-order valence-corrected chi connectivity index (χ0v) is 8.51. The molecule has 78 valence electrons. The predicted octanol–water partition coefficient (Wildman–Crippen LogP) is 1.46. The average Bonchev–Trinajstić information content (AvgIpc) is 2.14. The quantitative estimate of drug-likeness (QED) is 0.565. The summed E-state index contributed by atoms with van der Waals surface area (Å²) >= 11 is 0. The molecule has 0 heterocycles. The van der Waals surface area contributed by atoms with E-state index < -0.39 is 0 Å². The van der Waals surface area contributed by atoms with Gasteiger partial charge in [-0.15, -0.1) is 0 Å². The van der Waals surface area contributed by atoms with E-state index in [4.69, 9.17) is 5.11 Å². The molecule has 0 aromatic rings. The standard InChI is InChI=1S/C10H21NO2/c1-2-3-7-10(13)11-8-5-4-6-9-12/h12H,2-9H2,1H3,(H,11,13). The molecule has 0 aliphatic rings. The van der Waals surface area contributed by atoms with Gasteiger partial charge in [-0.2, -0.15) is 0 Å². The molecule has 3 nitrogen and oxygen atoms in total. The van der Waals surface area contributed by atoms with Crippen LogP contribution in [0, 0.1) is 0 Å². The van der Waals surface area contributed by atoms with E-state index >= 15 is 0 Å². The molecule has 0 aromatic carbocycles. The van der Waals surface area contributed by atoms with Crippen LogP contribution in [0.3, 0.4) is 0 Å². The lowest BCUT2D eigenvalue weighted by Gasteiger charge is -2.03. The first-order valence-corrected chi connectivity index (χ1v) is 5.18. The van der Waals surface area contributed by atoms with Gasteiger partial charge in [-0.1, -0.05) is 13.3 Å². The molecule has 0 saturated heterocycles. The van der Waals surface area contributed by atoms with Gasteiger partial charge in [0.05, 0.1) is 0 Å². The Balaban J connectivity index is 3.08. The van der Waals surface area contributed by atoms with E-state index in [1.807, 2.05) is 0 Å². The minimum Gasteiger partial charge on any atom is -0.396 e. The fraction of sp³-hybridized carbons (Fsp3) is 0.900. The first-order valence-electron chi connectivity index (χ1n) is 5.18. The molecule has 0 unspecified atom stereocenters. The first-order chi connectivity index (χ1) is 6.31. The minimum absolute atomic E-state index is 0.158. The Labute approximate surface area is 80.5 Å². The van der Waals surface area contributed by atoms with Crippen LogP contribution in [-0.4, -0.2) is 24.2 Å². The van der Waals surface area contributed by atoms with E-state index in [0.717, 1.165) is 38.6 Å². The number of unbranched alkanes of at least 4 members (excludes halogenated alkanes) is 3. The number of nitrogens with one attached hydrogen (secondary N) is 1. The lowest BCUT2D eigenvalue weighted by molar-refractivity contribution is -0.121. The van der Waals surface area contributed by atoms with Crippen LogP contribution in [0.25, 0.3) is 0 Å². The van der Waals surface area contributed by atoms with Crippen molar-refractivity contribution in [3.63, 3.8) is 0 Å². The summed E-state index contributed by atoms with van der Waals surface area (Å²) in [5.74, 6) is 0.158. The molecule has 0 bridgehead atoms. The topological polar surface area (TPSA) is 49.3 Å². The molecule has 0 saturated carbocycles. The molecule has 0 atom stereocenters. The lowest BCUT2D eigenvalue weighted by atomic mass is 10.2. The Morgan fingerprint density at radius 2 is 2.00 bits per heavy atom. The molecule has 0 aromatic heterocycles. The summed E-state index contributed by atoms with van der Waals surface area (Å²) < 4.78 is 0. The number of aliphatic hydroxyl groups excluding tert-OH is 1. The summed E-state index contributed by atoms with van der Waals surface area (Å²) in [6.45, 7) is 3.08. The molecular formula is C10H21NO2. The number of rotatable bonds is 8. The second kappa shape index (κ2) is 9.52. The highest BCUT2D eigenvalue weighted by molar-refractivity contribution is 5.75. The normalized spacial score (nSPS) is 10.0. The number of aliphatic hydroxyl groups is 1. The Hall–Kier alpha value is -0.570. The maximum atomic E-state index is 11.1. The highest BCUT2D eigenvalue weighted by Crippen LogP contribution is 1.95. The zero-order chi connectivity index (χ0) is 9.94. The molecular weight excluding hydrogens is 166 g/mol. The van der Waals surface area contributed by atoms with Crippen LogP contribution >= 0.6 is 0 Å². The predicted molar refractivity (Wildman–Crippen MR) is 53.5 cm³/mol. The van der Waals surface area contributed by atoms with Crippen LogP contribution in [0.2, 0.25) is 0 Å². The second-order valence-corrected chi connectivity index (χ2v) is 3.24. The van der Waals surface area contributed by atoms with Crippen LogP contribution in [0.15, 0.2) is 0 Å². The fourth-order valence-electron chi connectivity index (χ4n) is 1.07. The van der Waals surface area contributed by atoms with Crippen LogP contribution in [0.5, 0.6) is 0 Å². The maximum Gasteiger partial charge on any atom is 0.219 e. The van der Waals surface area contributed by atoms with Gasteiger partial charge in [0.15, 0.2) is 0 Å². The smallest absolute Gasteiger partial charge is 0.219 e. The average molecular weight is 187 g/mol. The number of hydrogen-bond donors (Lipinski definition) is 2. The summed E-state index contributed by atoms with van der Waals surface area (Å²) in [5, 5.41) is 11.4. The van der Waals surface area contributed by atoms with Crippen LogP contribution < -0.4 is 5.32 Å². The number of carbonyl (C=O) groups is 1. The van der Waals surface area contributed by atoms with Crippen LogP contribution in [0.1, 0.15) is 45.4 Å². The van der Waals surface area contributed by atoms with E-state index in [9.17, 15) is 4.79 Å². The van der Waals surface area contributed by atoms with Crippen molar-refractivity contribution >= 4 is 5.91 Å². The van der Waals surface area contributed by atoms with Crippen molar-refractivity contribution in [1.29, 1.82) is 0 Å². The van der Waals surface area contributed by atoms with Gasteiger partial charge in [0.2, 0.25) is 5.91 Å². The van der Waals surface area contributed by atoms with Crippen molar-refractivity contribution in [2.75, 3.05) is 13.2 Å². The van der Waals surface area contributed by atoms with Crippen LogP contribution in [0.4, 0.5) is 0 Å². The molecule has 0 fully saturated rings. The van der Waals surface area contributed by atoms with Gasteiger partial charge in [-0.3, -0.25) is 4.79 Å². The highest BCUT2D eigenvalue weighted by atomic mass is 16.2. The van der Waals surface area contributed by atoms with Gasteiger partial charge in [0.25, 0.3) is 0 Å². The van der Waals surface area contributed by atoms with Crippen molar-refractivity contribution in [2.24, 2.45) is 0 Å². The summed E-state index contributed by atoms with van der Waals surface area (Å²) in [7, 11) is 0. The summed E-state index contributed by atoms with van der Waals surface area (Å²) in [4.78, 5) is 11.1. The second-order valence-electron chi connectivity index (χ2n) is 3.24. The third kappa shape index (κ3) is 9.34. The van der Waals surface area contributed by atoms with Gasteiger partial charge in [-0.25, -0.2) is 0 Å². The third-order valence-corrected chi connectivity index (χ3v) is 1.91. The molecule has 0 radical (unpaired) electrons. The molecule has 2 N–H and O–H groups in total. The summed E-state index contributed by atoms with van der Waals surface area (Å²) in [6, 6.07) is 0. The lowest BCUT2D eigenvalue weighted by Crippen LogP contribution is -2.23. The molecule has 0 aliphatic carbocycles. The van der Waals surface area contributed by atoms with Gasteiger partial charge in [0.1, 0.15) is 0 Å². The largest absolute Gasteiger partial charge is 0.396 e. The zero-order valence-electron chi connectivity index (χ0n) is 8.51. The van der Waals surface area contributed by atoms with Gasteiger partial charge in [0, 0.05) is 19.6 Å². The number of hydrogen-bond acceptors (Lipinski definition) is 2. The maximum absolute atomic E-state index is 11.1. The number of carbonyl (C=O) groups excluding carboxylic acids is 1. The monoisotopic (exact) mass is 187 g/mol. The molecule has 3 heteroatoms. The summed E-state index contributed by atoms with van der Waals surface area (Å²) in [6.07, 6.45) is 5.49. The van der Waals surface area contributed by atoms with E-state index in [1.54, 1.807) is 0 Å².